The number of unbranched alkanes of at least 4 members (excludes halogenated alkanes) is 24. The minimum absolute atomic E-state index is 0.0734. The number of carbonyl (C=O) groups is 1. The van der Waals surface area contributed by atoms with Gasteiger partial charge in [-0.25, -0.2) is 0 Å². The third-order valence-electron chi connectivity index (χ3n) is 9.31. The molecule has 280 valence electrons. The van der Waals surface area contributed by atoms with Gasteiger partial charge in [0.25, 0.3) is 0 Å². The molecule has 0 aliphatic heterocycles. The van der Waals surface area contributed by atoms with E-state index >= 15 is 0 Å². The van der Waals surface area contributed by atoms with Gasteiger partial charge in [-0.1, -0.05) is 191 Å². The lowest BCUT2D eigenvalue weighted by atomic mass is 10.0. The summed E-state index contributed by atoms with van der Waals surface area (Å²) in [6.07, 6.45) is 53.5. The van der Waals surface area contributed by atoms with Crippen molar-refractivity contribution in [3.8, 4) is 0 Å². The van der Waals surface area contributed by atoms with Crippen molar-refractivity contribution in [1.29, 1.82) is 0 Å². The lowest BCUT2D eigenvalue weighted by Crippen LogP contribution is -2.45. The van der Waals surface area contributed by atoms with Gasteiger partial charge in [0.2, 0.25) is 5.91 Å². The van der Waals surface area contributed by atoms with Crippen LogP contribution in [0.2, 0.25) is 0 Å². The van der Waals surface area contributed by atoms with Crippen molar-refractivity contribution < 1.29 is 15.0 Å². The van der Waals surface area contributed by atoms with Gasteiger partial charge in [0, 0.05) is 6.42 Å². The molecule has 0 fully saturated rings. The molecule has 0 aliphatic rings. The van der Waals surface area contributed by atoms with Gasteiger partial charge in [0.1, 0.15) is 0 Å². The van der Waals surface area contributed by atoms with E-state index in [1.54, 1.807) is 6.08 Å². The molecular weight excluding hydrogens is 590 g/mol. The summed E-state index contributed by atoms with van der Waals surface area (Å²) in [5, 5.41) is 22.9. The monoisotopic (exact) mass is 672 g/mol. The number of amides is 1. The summed E-state index contributed by atoms with van der Waals surface area (Å²) in [6.45, 7) is 4.28. The van der Waals surface area contributed by atoms with Gasteiger partial charge in [-0.15, -0.1) is 0 Å². The maximum absolute atomic E-state index is 12.4. The van der Waals surface area contributed by atoms with Gasteiger partial charge in [0.05, 0.1) is 18.8 Å². The summed E-state index contributed by atoms with van der Waals surface area (Å²) in [6, 6.07) is -0.626. The van der Waals surface area contributed by atoms with Gasteiger partial charge >= 0.3 is 0 Å². The van der Waals surface area contributed by atoms with Crippen molar-refractivity contribution in [3.63, 3.8) is 0 Å². The second-order valence-electron chi connectivity index (χ2n) is 14.1. The first-order chi connectivity index (χ1) is 23.7. The van der Waals surface area contributed by atoms with E-state index < -0.39 is 12.1 Å². The highest BCUT2D eigenvalue weighted by atomic mass is 16.3. The van der Waals surface area contributed by atoms with Crippen LogP contribution in [-0.2, 0) is 4.79 Å². The fourth-order valence-electron chi connectivity index (χ4n) is 6.07. The fraction of sp³-hybridized carbons (Fsp3) is 0.795. The molecule has 0 aromatic carbocycles. The molecule has 0 heterocycles. The average molecular weight is 672 g/mol. The normalized spacial score (nSPS) is 13.5. The second kappa shape index (κ2) is 39.8. The van der Waals surface area contributed by atoms with Gasteiger partial charge < -0.3 is 15.5 Å². The smallest absolute Gasteiger partial charge is 0.220 e. The minimum Gasteiger partial charge on any atom is -0.394 e. The molecule has 0 aliphatic carbocycles. The summed E-state index contributed by atoms with van der Waals surface area (Å²) in [5.41, 5.74) is 0. The van der Waals surface area contributed by atoms with Crippen LogP contribution in [0.25, 0.3) is 0 Å². The molecule has 0 spiro atoms. The zero-order valence-electron chi connectivity index (χ0n) is 32.0. The summed E-state index contributed by atoms with van der Waals surface area (Å²) < 4.78 is 0. The molecule has 3 N–H and O–H groups in total. The molecule has 4 nitrogen and oxygen atoms in total. The largest absolute Gasteiger partial charge is 0.394 e. The number of hydrogen-bond acceptors (Lipinski definition) is 3. The second-order valence-corrected chi connectivity index (χ2v) is 14.1. The highest BCUT2D eigenvalue weighted by Crippen LogP contribution is 2.13. The van der Waals surface area contributed by atoms with Crippen LogP contribution in [0.5, 0.6) is 0 Å². The topological polar surface area (TPSA) is 69.6 Å². The van der Waals surface area contributed by atoms with Crippen molar-refractivity contribution >= 4 is 5.91 Å². The first-order valence-electron chi connectivity index (χ1n) is 20.9. The standard InChI is InChI=1S/C44H81NO3/c1-3-5-7-9-11-13-15-17-18-19-20-21-22-23-24-25-26-28-30-32-34-36-38-40-44(48)45-42(41-46)43(47)39-37-35-33-31-29-27-16-14-12-10-8-6-4-2/h15,17,19-20,22-23,37,39,42-43,46-47H,3-14,16,18,21,24-36,38,40-41H2,1-2H3,(H,45,48)/b17-15-,20-19-,23-22-,39-37+. The number of rotatable bonds is 37. The highest BCUT2D eigenvalue weighted by molar-refractivity contribution is 5.76. The van der Waals surface area contributed by atoms with Crippen LogP contribution < -0.4 is 5.32 Å². The van der Waals surface area contributed by atoms with E-state index in [0.29, 0.717) is 6.42 Å². The molecule has 0 saturated carbocycles. The van der Waals surface area contributed by atoms with Crippen LogP contribution >= 0.6 is 0 Å². The zero-order chi connectivity index (χ0) is 35.0. The predicted octanol–water partition coefficient (Wildman–Crippen LogP) is 12.8. The summed E-state index contributed by atoms with van der Waals surface area (Å²) >= 11 is 0. The maximum Gasteiger partial charge on any atom is 0.220 e. The van der Waals surface area contributed by atoms with Crippen LogP contribution in [0.3, 0.4) is 0 Å². The van der Waals surface area contributed by atoms with E-state index in [2.05, 4.69) is 55.6 Å². The van der Waals surface area contributed by atoms with Crippen LogP contribution in [0.4, 0.5) is 0 Å². The number of hydrogen-bond donors (Lipinski definition) is 3. The molecule has 0 bridgehead atoms. The maximum atomic E-state index is 12.4. The molecule has 1 amide bonds. The molecule has 0 rings (SSSR count). The number of aliphatic hydroxyl groups is 2. The Hall–Kier alpha value is -1.65. The Balaban J connectivity index is 3.61. The predicted molar refractivity (Wildman–Crippen MR) is 211 cm³/mol. The van der Waals surface area contributed by atoms with Crippen LogP contribution in [0.1, 0.15) is 206 Å². The van der Waals surface area contributed by atoms with Gasteiger partial charge in [0.15, 0.2) is 0 Å². The van der Waals surface area contributed by atoms with Crippen molar-refractivity contribution in [2.75, 3.05) is 6.61 Å². The van der Waals surface area contributed by atoms with Gasteiger partial charge in [-0.05, 0) is 57.8 Å². The van der Waals surface area contributed by atoms with E-state index in [1.807, 2.05) is 6.08 Å². The van der Waals surface area contributed by atoms with Gasteiger partial charge in [-0.2, -0.15) is 0 Å². The molecule has 2 unspecified atom stereocenters. The van der Waals surface area contributed by atoms with E-state index in [9.17, 15) is 15.0 Å². The lowest BCUT2D eigenvalue weighted by molar-refractivity contribution is -0.123. The zero-order valence-corrected chi connectivity index (χ0v) is 32.0. The Labute approximate surface area is 299 Å². The molecule has 0 saturated heterocycles. The Kier molecular flexibility index (Phi) is 38.4. The fourth-order valence-corrected chi connectivity index (χ4v) is 6.07. The van der Waals surface area contributed by atoms with Crippen molar-refractivity contribution in [2.24, 2.45) is 0 Å². The SMILES string of the molecule is CCCCCCC/C=C\C/C=C\C/C=C\CCCCCCCCCCC(=O)NC(CO)C(O)/C=C/CCCCCCCCCCCCC. The Morgan fingerprint density at radius 2 is 0.854 bits per heavy atom. The number of aliphatic hydroxyl groups excluding tert-OH is 2. The van der Waals surface area contributed by atoms with Gasteiger partial charge in [-0.3, -0.25) is 4.79 Å². The van der Waals surface area contributed by atoms with Crippen LogP contribution in [0, 0.1) is 0 Å². The van der Waals surface area contributed by atoms with Crippen molar-refractivity contribution in [2.45, 2.75) is 219 Å². The van der Waals surface area contributed by atoms with E-state index in [4.69, 9.17) is 0 Å². The molecule has 4 heteroatoms. The first kappa shape index (κ1) is 46.4. The van der Waals surface area contributed by atoms with Crippen molar-refractivity contribution in [1.82, 2.24) is 5.32 Å². The first-order valence-corrected chi connectivity index (χ1v) is 20.9. The molecule has 0 aromatic rings. The highest BCUT2D eigenvalue weighted by Gasteiger charge is 2.17. The summed E-state index contributed by atoms with van der Waals surface area (Å²) in [4.78, 5) is 12.4. The number of nitrogens with one attached hydrogen (secondary N) is 1. The number of allylic oxidation sites excluding steroid dienone is 7. The van der Waals surface area contributed by atoms with Crippen LogP contribution in [0.15, 0.2) is 48.6 Å². The quantitative estimate of drug-likeness (QED) is 0.0455. The average Bonchev–Trinajstić information content (AvgIpc) is 3.09. The third-order valence-corrected chi connectivity index (χ3v) is 9.31. The van der Waals surface area contributed by atoms with Crippen LogP contribution in [-0.4, -0.2) is 34.9 Å². The molecule has 48 heavy (non-hydrogen) atoms. The Morgan fingerprint density at radius 1 is 0.500 bits per heavy atom. The summed E-state index contributed by atoms with van der Waals surface area (Å²) in [7, 11) is 0. The molecule has 0 radical (unpaired) electrons. The lowest BCUT2D eigenvalue weighted by Gasteiger charge is -2.20. The molecular formula is C44H81NO3. The third kappa shape index (κ3) is 35.7. The summed E-state index contributed by atoms with van der Waals surface area (Å²) in [5.74, 6) is -0.0734. The van der Waals surface area contributed by atoms with E-state index in [0.717, 1.165) is 38.5 Å². The Bertz CT molecular complexity index is 771. The van der Waals surface area contributed by atoms with E-state index in [1.165, 1.54) is 148 Å². The minimum atomic E-state index is -0.842. The van der Waals surface area contributed by atoms with E-state index in [-0.39, 0.29) is 12.5 Å². The van der Waals surface area contributed by atoms with Crippen molar-refractivity contribution in [3.05, 3.63) is 48.6 Å². The molecule has 0 aromatic heterocycles. The molecule has 2 atom stereocenters. The Morgan fingerprint density at radius 3 is 1.27 bits per heavy atom. The number of carbonyl (C=O) groups excluding carboxylic acids is 1.